The molecule has 0 bridgehead atoms. The van der Waals surface area contributed by atoms with Crippen LogP contribution in [0.3, 0.4) is 0 Å². The minimum atomic E-state index is -0.934. The Bertz CT molecular complexity index is 997. The summed E-state index contributed by atoms with van der Waals surface area (Å²) in [6.45, 7) is 9.59. The molecule has 0 radical (unpaired) electrons. The molecule has 0 heterocycles. The van der Waals surface area contributed by atoms with Crippen molar-refractivity contribution in [3.05, 3.63) is 87.6 Å². The van der Waals surface area contributed by atoms with E-state index >= 15 is 0 Å². The van der Waals surface area contributed by atoms with Gasteiger partial charge in [-0.1, -0.05) is 35.9 Å². The third-order valence-corrected chi connectivity index (χ3v) is 4.94. The summed E-state index contributed by atoms with van der Waals surface area (Å²) in [6.07, 6.45) is -0.135. The van der Waals surface area contributed by atoms with Gasteiger partial charge in [0.05, 0.1) is 13.0 Å². The van der Waals surface area contributed by atoms with E-state index in [0.29, 0.717) is 39.7 Å². The molecule has 0 saturated heterocycles. The van der Waals surface area contributed by atoms with Crippen LogP contribution in [0.25, 0.3) is 0 Å². The molecule has 4 N–H and O–H groups in total. The maximum absolute atomic E-state index is 12.5. The number of hydrogen-bond donors (Lipinski definition) is 3. The quantitative estimate of drug-likeness (QED) is 0.316. The van der Waals surface area contributed by atoms with Gasteiger partial charge in [-0.25, -0.2) is 5.84 Å². The highest BCUT2D eigenvalue weighted by atomic mass is 35.5. The van der Waals surface area contributed by atoms with E-state index in [-0.39, 0.29) is 12.3 Å². The number of allylic oxidation sites excluding steroid dienone is 2. The molecule has 2 rings (SSSR count). The highest BCUT2D eigenvalue weighted by molar-refractivity contribution is 6.30. The largest absolute Gasteiger partial charge is 0.481 e. The van der Waals surface area contributed by atoms with Crippen LogP contribution < -0.4 is 11.2 Å². The molecule has 30 heavy (non-hydrogen) atoms. The highest BCUT2D eigenvalue weighted by Gasteiger charge is 2.13. The van der Waals surface area contributed by atoms with Gasteiger partial charge in [-0.3, -0.25) is 9.59 Å². The molecule has 7 heteroatoms. The minimum Gasteiger partial charge on any atom is -0.481 e. The van der Waals surface area contributed by atoms with Crippen LogP contribution in [0.15, 0.2) is 65.9 Å². The molecule has 0 unspecified atom stereocenters. The van der Waals surface area contributed by atoms with Gasteiger partial charge in [0.15, 0.2) is 0 Å². The fraction of sp³-hybridized carbons (Fsp3) is 0.217. The van der Waals surface area contributed by atoms with Gasteiger partial charge in [0, 0.05) is 22.0 Å². The molecule has 0 aliphatic heterocycles. The third-order valence-electron chi connectivity index (χ3n) is 4.71. The van der Waals surface area contributed by atoms with Gasteiger partial charge in [-0.2, -0.15) is 0 Å². The molecule has 158 valence electrons. The average Bonchev–Trinajstić information content (AvgIpc) is 2.66. The first-order chi connectivity index (χ1) is 14.1. The number of carboxylic acid groups (broad SMARTS) is 1. The molecule has 6 nitrogen and oxygen atoms in total. The number of anilines is 1. The molecule has 0 aliphatic carbocycles. The predicted molar refractivity (Wildman–Crippen MR) is 120 cm³/mol. The number of nitrogens with two attached hydrogens (primary N) is 1. The summed E-state index contributed by atoms with van der Waals surface area (Å²) in [5.74, 6) is 5.00. The Morgan fingerprint density at radius 3 is 2.33 bits per heavy atom. The SMILES string of the molecule is C=C(C)/C(CC(=O)O)=C(/C)N(N)Cc1ccc(NC(=O)c2ccc(Cl)cc2C)cc1. The molecule has 0 saturated carbocycles. The zero-order chi connectivity index (χ0) is 22.4. The molecule has 0 aromatic heterocycles. The fourth-order valence-electron chi connectivity index (χ4n) is 3.00. The monoisotopic (exact) mass is 427 g/mol. The number of amides is 1. The lowest BCUT2D eigenvalue weighted by Crippen LogP contribution is -2.30. The summed E-state index contributed by atoms with van der Waals surface area (Å²) in [5, 5.41) is 14.0. The summed E-state index contributed by atoms with van der Waals surface area (Å²) < 4.78 is 0. The summed E-state index contributed by atoms with van der Waals surface area (Å²) in [5.41, 5.74) is 4.85. The Morgan fingerprint density at radius 1 is 1.17 bits per heavy atom. The van der Waals surface area contributed by atoms with Crippen molar-refractivity contribution < 1.29 is 14.7 Å². The molecule has 2 aromatic carbocycles. The van der Waals surface area contributed by atoms with Crippen LogP contribution in [0.2, 0.25) is 5.02 Å². The molecule has 2 aromatic rings. The van der Waals surface area contributed by atoms with Crippen molar-refractivity contribution in [2.75, 3.05) is 5.32 Å². The van der Waals surface area contributed by atoms with Crippen LogP contribution in [0.4, 0.5) is 5.69 Å². The van der Waals surface area contributed by atoms with Crippen molar-refractivity contribution in [2.24, 2.45) is 5.84 Å². The zero-order valence-corrected chi connectivity index (χ0v) is 18.1. The summed E-state index contributed by atoms with van der Waals surface area (Å²) in [7, 11) is 0. The number of aryl methyl sites for hydroxylation is 1. The van der Waals surface area contributed by atoms with E-state index in [4.69, 9.17) is 22.6 Å². The Balaban J connectivity index is 2.09. The number of halogens is 1. The summed E-state index contributed by atoms with van der Waals surface area (Å²) in [4.78, 5) is 23.6. The highest BCUT2D eigenvalue weighted by Crippen LogP contribution is 2.21. The second-order valence-electron chi connectivity index (χ2n) is 7.15. The van der Waals surface area contributed by atoms with E-state index in [2.05, 4.69) is 11.9 Å². The number of benzene rings is 2. The number of nitrogens with one attached hydrogen (secondary N) is 1. The van der Waals surface area contributed by atoms with Crippen molar-refractivity contribution in [2.45, 2.75) is 33.7 Å². The maximum Gasteiger partial charge on any atom is 0.307 e. The van der Waals surface area contributed by atoms with Crippen LogP contribution in [-0.4, -0.2) is 22.0 Å². The van der Waals surface area contributed by atoms with Crippen molar-refractivity contribution in [3.63, 3.8) is 0 Å². The predicted octanol–water partition coefficient (Wildman–Crippen LogP) is 4.90. The van der Waals surface area contributed by atoms with E-state index in [9.17, 15) is 9.59 Å². The fourth-order valence-corrected chi connectivity index (χ4v) is 3.23. The smallest absolute Gasteiger partial charge is 0.307 e. The number of carbonyl (C=O) groups excluding carboxylic acids is 1. The van der Waals surface area contributed by atoms with Crippen LogP contribution in [0, 0.1) is 6.92 Å². The number of hydrazine groups is 1. The lowest BCUT2D eigenvalue weighted by molar-refractivity contribution is -0.136. The van der Waals surface area contributed by atoms with Gasteiger partial charge in [0.1, 0.15) is 0 Å². The van der Waals surface area contributed by atoms with Crippen LogP contribution in [0.5, 0.6) is 0 Å². The molecule has 0 fully saturated rings. The van der Waals surface area contributed by atoms with Crippen molar-refractivity contribution in [1.29, 1.82) is 0 Å². The lowest BCUT2D eigenvalue weighted by atomic mass is 10.0. The molecule has 1 amide bonds. The van der Waals surface area contributed by atoms with E-state index in [1.165, 1.54) is 5.01 Å². The maximum atomic E-state index is 12.5. The van der Waals surface area contributed by atoms with Gasteiger partial charge in [-0.15, -0.1) is 0 Å². The number of nitrogens with zero attached hydrogens (tertiary/aromatic N) is 1. The van der Waals surface area contributed by atoms with Crippen molar-refractivity contribution in [1.82, 2.24) is 5.01 Å². The van der Waals surface area contributed by atoms with Crippen LogP contribution >= 0.6 is 11.6 Å². The summed E-state index contributed by atoms with van der Waals surface area (Å²) >= 11 is 5.94. The minimum absolute atomic E-state index is 0.135. The van der Waals surface area contributed by atoms with Gasteiger partial charge >= 0.3 is 5.97 Å². The first kappa shape index (κ1) is 23.2. The second kappa shape index (κ2) is 10.1. The number of hydrogen-bond acceptors (Lipinski definition) is 4. The van der Waals surface area contributed by atoms with E-state index < -0.39 is 5.97 Å². The molecular formula is C23H26ClN3O3. The average molecular weight is 428 g/mol. The Morgan fingerprint density at radius 2 is 1.80 bits per heavy atom. The van der Waals surface area contributed by atoms with Gasteiger partial charge in [0.2, 0.25) is 0 Å². The standard InChI is InChI=1S/C23H26ClN3O3/c1-14(2)21(12-22(28)29)16(4)27(25)13-17-5-8-19(9-6-17)26-23(30)20-10-7-18(24)11-15(20)3/h5-11H,1,12-13,25H2,2-4H3,(H,26,30)(H,28,29)/b21-16-. The van der Waals surface area contributed by atoms with Crippen LogP contribution in [-0.2, 0) is 11.3 Å². The third kappa shape index (κ3) is 6.20. The summed E-state index contributed by atoms with van der Waals surface area (Å²) in [6, 6.07) is 12.4. The molecule has 0 spiro atoms. The number of carboxylic acids is 1. The first-order valence-electron chi connectivity index (χ1n) is 9.34. The van der Waals surface area contributed by atoms with Gasteiger partial charge < -0.3 is 15.4 Å². The van der Waals surface area contributed by atoms with E-state index in [1.54, 1.807) is 44.2 Å². The van der Waals surface area contributed by atoms with Gasteiger partial charge in [0.25, 0.3) is 5.91 Å². The lowest BCUT2D eigenvalue weighted by Gasteiger charge is -2.23. The number of rotatable bonds is 8. The van der Waals surface area contributed by atoms with Crippen molar-refractivity contribution in [3.8, 4) is 0 Å². The molecular weight excluding hydrogens is 402 g/mol. The first-order valence-corrected chi connectivity index (χ1v) is 9.72. The number of carbonyl (C=O) groups is 2. The Labute approximate surface area is 181 Å². The topological polar surface area (TPSA) is 95.7 Å². The Hall–Kier alpha value is -3.09. The number of aliphatic carboxylic acids is 1. The second-order valence-corrected chi connectivity index (χ2v) is 7.59. The Kier molecular flexibility index (Phi) is 7.80. The van der Waals surface area contributed by atoms with Crippen LogP contribution in [0.1, 0.15) is 41.8 Å². The van der Waals surface area contributed by atoms with Gasteiger partial charge in [-0.05, 0) is 67.8 Å². The van der Waals surface area contributed by atoms with Crippen molar-refractivity contribution >= 4 is 29.2 Å². The molecule has 0 atom stereocenters. The van der Waals surface area contributed by atoms with E-state index in [0.717, 1.165) is 11.1 Å². The molecule has 0 aliphatic rings. The van der Waals surface area contributed by atoms with E-state index in [1.807, 2.05) is 19.1 Å². The zero-order valence-electron chi connectivity index (χ0n) is 17.3. The normalized spacial score (nSPS) is 11.5.